The number of urea groups is 1. The van der Waals surface area contributed by atoms with Gasteiger partial charge in [-0.3, -0.25) is 9.69 Å². The first kappa shape index (κ1) is 38.0. The predicted molar refractivity (Wildman–Crippen MR) is 194 cm³/mol. The molecule has 1 saturated heterocycles. The molecular formula is C41H64N2O6. The van der Waals surface area contributed by atoms with E-state index in [0.29, 0.717) is 23.7 Å². The minimum absolute atomic E-state index is 0.0135. The van der Waals surface area contributed by atoms with Crippen molar-refractivity contribution >= 4 is 11.9 Å². The standard InChI is InChI=1S/C41H64N2O6/c1-6-36-27(3)18-21-37(49-36)28(4)23-26(2)17-19-33-29(5)34(33)20-22-38-40(46)35(44)24-32(48-38)25-39(45)43(31-15-11-8-12-16-31)41(47)42-30-13-9-7-10-14-30/h17-20,22-23,26,29-38,40,44,46H,6-16,21,24-25H2,1-5H3,(H,42,47)/b19-17+,22-20+,28-23+/t26-,29-,32+,33+,34+,35+,36-,37-,38+,40-/m1/s1. The molecule has 3 saturated carbocycles. The number of ether oxygens (including phenoxy) is 2. The third kappa shape index (κ3) is 10.2. The zero-order chi connectivity index (χ0) is 35.1. The molecule has 2 aliphatic heterocycles. The minimum Gasteiger partial charge on any atom is -0.390 e. The molecule has 0 spiro atoms. The molecule has 0 aromatic heterocycles. The van der Waals surface area contributed by atoms with E-state index in [1.807, 2.05) is 6.08 Å². The number of amides is 3. The summed E-state index contributed by atoms with van der Waals surface area (Å²) in [6.45, 7) is 10.9. The van der Waals surface area contributed by atoms with Gasteiger partial charge >= 0.3 is 6.03 Å². The fourth-order valence-electron chi connectivity index (χ4n) is 8.63. The molecule has 3 aliphatic carbocycles. The average molecular weight is 681 g/mol. The van der Waals surface area contributed by atoms with Gasteiger partial charge in [-0.2, -0.15) is 0 Å². The summed E-state index contributed by atoms with van der Waals surface area (Å²) < 4.78 is 12.6. The lowest BCUT2D eigenvalue weighted by molar-refractivity contribution is -0.160. The van der Waals surface area contributed by atoms with Gasteiger partial charge in [0.05, 0.1) is 30.8 Å². The number of nitrogens with zero attached hydrogens (tertiary/aromatic N) is 1. The van der Waals surface area contributed by atoms with E-state index in [2.05, 4.69) is 70.3 Å². The molecule has 5 rings (SSSR count). The summed E-state index contributed by atoms with van der Waals surface area (Å²) in [4.78, 5) is 28.8. The lowest BCUT2D eigenvalue weighted by Gasteiger charge is -2.38. The Hall–Kier alpha value is -2.26. The fraction of sp³-hybridized carbons (Fsp3) is 0.756. The second-order valence-corrected chi connectivity index (χ2v) is 15.8. The quantitative estimate of drug-likeness (QED) is 0.195. The van der Waals surface area contributed by atoms with Crippen molar-refractivity contribution in [1.29, 1.82) is 0 Å². The molecule has 0 radical (unpaired) electrons. The Bertz CT molecular complexity index is 1230. The van der Waals surface area contributed by atoms with E-state index >= 15 is 0 Å². The number of rotatable bonds is 11. The SMILES string of the molecule is CC[C@H]1O[C@@H](/C(C)=C/[C@H](C)/C=C/[C@H]2[C@@H](C)[C@@H]2/C=C/[C@@H]2O[C@H](CC(=O)N(C(=O)NC3CCCCC3)C3CCCCC3)C[C@H](O)[C@H]2O)CC=C1C. The van der Waals surface area contributed by atoms with Crippen LogP contribution in [0, 0.1) is 23.7 Å². The Morgan fingerprint density at radius 3 is 2.37 bits per heavy atom. The van der Waals surface area contributed by atoms with Gasteiger partial charge in [0.1, 0.15) is 12.2 Å². The highest BCUT2D eigenvalue weighted by Gasteiger charge is 2.44. The molecule has 3 amide bonds. The molecular weight excluding hydrogens is 616 g/mol. The van der Waals surface area contributed by atoms with E-state index in [0.717, 1.165) is 70.6 Å². The molecule has 10 atom stereocenters. The van der Waals surface area contributed by atoms with Crippen LogP contribution in [0.5, 0.6) is 0 Å². The van der Waals surface area contributed by atoms with Crippen molar-refractivity contribution < 1.29 is 29.3 Å². The number of nitrogens with one attached hydrogen (secondary N) is 1. The predicted octanol–water partition coefficient (Wildman–Crippen LogP) is 7.55. The van der Waals surface area contributed by atoms with Crippen molar-refractivity contribution in [2.45, 2.75) is 173 Å². The van der Waals surface area contributed by atoms with Crippen LogP contribution < -0.4 is 5.32 Å². The average Bonchev–Trinajstić information content (AvgIpc) is 3.72. The summed E-state index contributed by atoms with van der Waals surface area (Å²) in [5, 5.41) is 24.8. The van der Waals surface area contributed by atoms with E-state index in [1.165, 1.54) is 22.5 Å². The maximum Gasteiger partial charge on any atom is 0.324 e. The lowest BCUT2D eigenvalue weighted by atomic mass is 9.92. The summed E-state index contributed by atoms with van der Waals surface area (Å²) in [6, 6.07) is -0.256. The van der Waals surface area contributed by atoms with Gasteiger partial charge in [0.15, 0.2) is 0 Å². The first-order chi connectivity index (χ1) is 23.5. The molecule has 2 heterocycles. The Morgan fingerprint density at radius 1 is 1.00 bits per heavy atom. The molecule has 4 fully saturated rings. The van der Waals surface area contributed by atoms with E-state index < -0.39 is 24.4 Å². The summed E-state index contributed by atoms with van der Waals surface area (Å²) in [5.74, 6) is 1.25. The van der Waals surface area contributed by atoms with Gasteiger partial charge in [-0.25, -0.2) is 4.79 Å². The summed E-state index contributed by atoms with van der Waals surface area (Å²) in [7, 11) is 0. The molecule has 0 aromatic rings. The van der Waals surface area contributed by atoms with Crippen LogP contribution in [-0.2, 0) is 14.3 Å². The zero-order valence-corrected chi connectivity index (χ0v) is 30.8. The highest BCUT2D eigenvalue weighted by atomic mass is 16.5. The second-order valence-electron chi connectivity index (χ2n) is 15.8. The van der Waals surface area contributed by atoms with Crippen LogP contribution >= 0.6 is 0 Å². The molecule has 0 bridgehead atoms. The molecule has 0 unspecified atom stereocenters. The van der Waals surface area contributed by atoms with Crippen molar-refractivity contribution in [3.8, 4) is 0 Å². The summed E-state index contributed by atoms with van der Waals surface area (Å²) in [5.41, 5.74) is 2.61. The van der Waals surface area contributed by atoms with Gasteiger partial charge in [0.25, 0.3) is 0 Å². The van der Waals surface area contributed by atoms with Crippen molar-refractivity contribution in [2.24, 2.45) is 23.7 Å². The van der Waals surface area contributed by atoms with Gasteiger partial charge < -0.3 is 25.0 Å². The van der Waals surface area contributed by atoms with Crippen molar-refractivity contribution in [2.75, 3.05) is 0 Å². The van der Waals surface area contributed by atoms with Gasteiger partial charge in [-0.15, -0.1) is 0 Å². The molecule has 8 nitrogen and oxygen atoms in total. The van der Waals surface area contributed by atoms with Crippen molar-refractivity contribution in [3.63, 3.8) is 0 Å². The van der Waals surface area contributed by atoms with E-state index in [4.69, 9.17) is 9.47 Å². The van der Waals surface area contributed by atoms with E-state index in [1.54, 1.807) is 0 Å². The number of hydrogen-bond donors (Lipinski definition) is 3. The third-order valence-electron chi connectivity index (χ3n) is 11.9. The Morgan fingerprint density at radius 2 is 1.67 bits per heavy atom. The summed E-state index contributed by atoms with van der Waals surface area (Å²) >= 11 is 0. The molecule has 3 N–H and O–H groups in total. The van der Waals surface area contributed by atoms with Crippen LogP contribution in [0.1, 0.15) is 125 Å². The van der Waals surface area contributed by atoms with E-state index in [-0.39, 0.29) is 49.1 Å². The Labute approximate surface area is 295 Å². The van der Waals surface area contributed by atoms with Gasteiger partial charge in [0.2, 0.25) is 5.91 Å². The van der Waals surface area contributed by atoms with E-state index in [9.17, 15) is 19.8 Å². The monoisotopic (exact) mass is 680 g/mol. The number of aliphatic hydroxyl groups is 2. The van der Waals surface area contributed by atoms with Gasteiger partial charge in [-0.1, -0.05) is 95.8 Å². The highest BCUT2D eigenvalue weighted by Crippen LogP contribution is 2.48. The van der Waals surface area contributed by atoms with Crippen LogP contribution in [0.25, 0.3) is 0 Å². The minimum atomic E-state index is -1.06. The molecule has 274 valence electrons. The molecule has 8 heteroatoms. The Kier molecular flexibility index (Phi) is 13.8. The number of aliphatic hydroxyl groups excluding tert-OH is 2. The van der Waals surface area contributed by atoms with Gasteiger partial charge in [0, 0.05) is 18.5 Å². The molecule has 49 heavy (non-hydrogen) atoms. The normalized spacial score (nSPS) is 35.7. The number of carbonyl (C=O) groups excluding carboxylic acids is 2. The maximum atomic E-state index is 13.8. The summed E-state index contributed by atoms with van der Waals surface area (Å²) in [6.07, 6.45) is 22.5. The molecule has 5 aliphatic rings. The van der Waals surface area contributed by atoms with Crippen molar-refractivity contribution in [1.82, 2.24) is 10.2 Å². The smallest absolute Gasteiger partial charge is 0.324 e. The van der Waals surface area contributed by atoms with Crippen LogP contribution in [0.4, 0.5) is 4.79 Å². The number of hydrogen-bond acceptors (Lipinski definition) is 6. The van der Waals surface area contributed by atoms with Crippen LogP contribution in [0.3, 0.4) is 0 Å². The topological polar surface area (TPSA) is 108 Å². The first-order valence-electron chi connectivity index (χ1n) is 19.6. The lowest BCUT2D eigenvalue weighted by Crippen LogP contribution is -2.54. The number of allylic oxidation sites excluding steroid dienone is 4. The first-order valence-corrected chi connectivity index (χ1v) is 19.6. The third-order valence-corrected chi connectivity index (χ3v) is 11.9. The highest BCUT2D eigenvalue weighted by molar-refractivity contribution is 5.95. The maximum absolute atomic E-state index is 13.8. The molecule has 0 aromatic carbocycles. The Balaban J connectivity index is 1.15. The van der Waals surface area contributed by atoms with Crippen molar-refractivity contribution in [3.05, 3.63) is 47.6 Å². The van der Waals surface area contributed by atoms with Crippen LogP contribution in [0.2, 0.25) is 0 Å². The zero-order valence-electron chi connectivity index (χ0n) is 30.8. The number of imide groups is 1. The largest absolute Gasteiger partial charge is 0.390 e. The number of carbonyl (C=O) groups is 2. The van der Waals surface area contributed by atoms with Crippen LogP contribution in [0.15, 0.2) is 47.6 Å². The van der Waals surface area contributed by atoms with Crippen LogP contribution in [-0.4, -0.2) is 75.8 Å². The van der Waals surface area contributed by atoms with Gasteiger partial charge in [-0.05, 0) is 87.2 Å². The second kappa shape index (κ2) is 17.8. The fourth-order valence-corrected chi connectivity index (χ4v) is 8.63.